The van der Waals surface area contributed by atoms with Crippen molar-refractivity contribution in [1.82, 2.24) is 9.97 Å². The van der Waals surface area contributed by atoms with Gasteiger partial charge in [0.1, 0.15) is 11.6 Å². The molecule has 0 N–H and O–H groups in total. The minimum atomic E-state index is -0.638. The van der Waals surface area contributed by atoms with Crippen molar-refractivity contribution < 1.29 is 8.78 Å². The third kappa shape index (κ3) is 3.06. The molecule has 0 fully saturated rings. The van der Waals surface area contributed by atoms with Crippen LogP contribution in [-0.2, 0) is 0 Å². The zero-order chi connectivity index (χ0) is 13.9. The summed E-state index contributed by atoms with van der Waals surface area (Å²) in [4.78, 5) is 8.18. The second-order valence-electron chi connectivity index (χ2n) is 4.24. The van der Waals surface area contributed by atoms with Crippen LogP contribution in [0.5, 0.6) is 0 Å². The first kappa shape index (κ1) is 15.1. The second-order valence-corrected chi connectivity index (χ2v) is 4.24. The predicted octanol–water partition coefficient (Wildman–Crippen LogP) is 4.51. The molecule has 1 aromatic carbocycles. The number of hydrogen-bond acceptors (Lipinski definition) is 2. The van der Waals surface area contributed by atoms with E-state index in [0.717, 1.165) is 6.07 Å². The lowest BCUT2D eigenvalue weighted by Gasteiger charge is -2.07. The third-order valence-corrected chi connectivity index (χ3v) is 2.94. The maximum atomic E-state index is 13.9. The highest BCUT2D eigenvalue weighted by Crippen LogP contribution is 2.29. The molecule has 5 heteroatoms. The number of pyridine rings is 2. The fourth-order valence-corrected chi connectivity index (χ4v) is 1.99. The van der Waals surface area contributed by atoms with E-state index < -0.39 is 11.6 Å². The number of hydrogen-bond donors (Lipinski definition) is 0. The van der Waals surface area contributed by atoms with Gasteiger partial charge in [0.05, 0.1) is 11.4 Å². The average Bonchev–Trinajstić information content (AvgIpc) is 2.49. The van der Waals surface area contributed by atoms with E-state index in [1.165, 1.54) is 6.07 Å². The summed E-state index contributed by atoms with van der Waals surface area (Å²) in [6.45, 7) is 0. The smallest absolute Gasteiger partial charge is 0.135 e. The minimum Gasteiger partial charge on any atom is -0.256 e. The highest BCUT2D eigenvalue weighted by molar-refractivity contribution is 5.85. The van der Waals surface area contributed by atoms with Crippen LogP contribution >= 0.6 is 12.4 Å². The van der Waals surface area contributed by atoms with Gasteiger partial charge in [-0.1, -0.05) is 12.1 Å². The molecule has 21 heavy (non-hydrogen) atoms. The lowest BCUT2D eigenvalue weighted by Crippen LogP contribution is -1.94. The number of nitrogens with zero attached hydrogens (tertiary/aromatic N) is 2. The Kier molecular flexibility index (Phi) is 4.60. The van der Waals surface area contributed by atoms with Gasteiger partial charge in [0.2, 0.25) is 0 Å². The van der Waals surface area contributed by atoms with E-state index >= 15 is 0 Å². The number of rotatable bonds is 2. The molecule has 0 saturated heterocycles. The lowest BCUT2D eigenvalue weighted by atomic mass is 10.0. The van der Waals surface area contributed by atoms with Crippen LogP contribution in [0.4, 0.5) is 8.78 Å². The Morgan fingerprint density at radius 1 is 0.667 bits per heavy atom. The summed E-state index contributed by atoms with van der Waals surface area (Å²) in [6.07, 6.45) is 3.14. The van der Waals surface area contributed by atoms with E-state index in [-0.39, 0.29) is 23.5 Å². The standard InChI is InChI=1S/C16H10F2N2.ClH/c17-13-10-14(18)12(16-6-2-4-8-20-16)9-11(13)15-5-1-3-7-19-15;/h1-10H;1H. The molecule has 2 nitrogen and oxygen atoms in total. The summed E-state index contributed by atoms with van der Waals surface area (Å²) in [6, 6.07) is 12.7. The summed E-state index contributed by atoms with van der Waals surface area (Å²) in [7, 11) is 0. The molecule has 0 spiro atoms. The van der Waals surface area contributed by atoms with Crippen molar-refractivity contribution in [1.29, 1.82) is 0 Å². The molecular formula is C16H11ClF2N2. The van der Waals surface area contributed by atoms with Gasteiger partial charge >= 0.3 is 0 Å². The molecule has 0 aliphatic carbocycles. The van der Waals surface area contributed by atoms with Crippen LogP contribution in [0, 0.1) is 11.6 Å². The van der Waals surface area contributed by atoms with Crippen molar-refractivity contribution in [3.8, 4) is 22.5 Å². The molecule has 3 rings (SSSR count). The first-order chi connectivity index (χ1) is 9.75. The van der Waals surface area contributed by atoms with Gasteiger partial charge in [-0.05, 0) is 30.3 Å². The molecule has 3 aromatic rings. The van der Waals surface area contributed by atoms with E-state index in [2.05, 4.69) is 9.97 Å². The van der Waals surface area contributed by atoms with Gasteiger partial charge in [-0.25, -0.2) is 8.78 Å². The Hall–Kier alpha value is -2.33. The van der Waals surface area contributed by atoms with Gasteiger partial charge in [-0.2, -0.15) is 0 Å². The monoisotopic (exact) mass is 304 g/mol. The molecule has 2 heterocycles. The number of aromatic nitrogens is 2. The van der Waals surface area contributed by atoms with Crippen molar-refractivity contribution in [3.63, 3.8) is 0 Å². The largest absolute Gasteiger partial charge is 0.256 e. The van der Waals surface area contributed by atoms with E-state index in [9.17, 15) is 8.78 Å². The molecule has 0 bridgehead atoms. The highest BCUT2D eigenvalue weighted by Gasteiger charge is 2.14. The Labute approximate surface area is 126 Å². The van der Waals surface area contributed by atoms with Crippen LogP contribution in [0.1, 0.15) is 0 Å². The Morgan fingerprint density at radius 3 is 1.52 bits per heavy atom. The summed E-state index contributed by atoms with van der Waals surface area (Å²) in [5.74, 6) is -1.28. The van der Waals surface area contributed by atoms with Crippen LogP contribution < -0.4 is 0 Å². The van der Waals surface area contributed by atoms with Crippen molar-refractivity contribution in [2.75, 3.05) is 0 Å². The topological polar surface area (TPSA) is 25.8 Å². The quantitative estimate of drug-likeness (QED) is 0.696. The molecule has 106 valence electrons. The molecule has 0 aliphatic heterocycles. The van der Waals surface area contributed by atoms with Crippen LogP contribution in [0.15, 0.2) is 60.9 Å². The van der Waals surface area contributed by atoms with Crippen LogP contribution in [0.2, 0.25) is 0 Å². The van der Waals surface area contributed by atoms with Crippen LogP contribution in [0.25, 0.3) is 22.5 Å². The summed E-state index contributed by atoms with van der Waals surface area (Å²) in [5, 5.41) is 0. The molecule has 0 unspecified atom stereocenters. The zero-order valence-electron chi connectivity index (χ0n) is 10.8. The van der Waals surface area contributed by atoms with E-state index in [1.54, 1.807) is 48.8 Å². The van der Waals surface area contributed by atoms with Crippen molar-refractivity contribution >= 4 is 12.4 Å². The Bertz CT molecular complexity index is 673. The Morgan fingerprint density at radius 2 is 1.14 bits per heavy atom. The zero-order valence-corrected chi connectivity index (χ0v) is 11.6. The highest BCUT2D eigenvalue weighted by atomic mass is 35.5. The van der Waals surface area contributed by atoms with Gasteiger partial charge in [-0.3, -0.25) is 9.97 Å². The van der Waals surface area contributed by atoms with Crippen molar-refractivity contribution in [3.05, 3.63) is 72.6 Å². The van der Waals surface area contributed by atoms with Crippen molar-refractivity contribution in [2.24, 2.45) is 0 Å². The lowest BCUT2D eigenvalue weighted by molar-refractivity contribution is 0.587. The molecule has 0 saturated carbocycles. The maximum Gasteiger partial charge on any atom is 0.135 e. The minimum absolute atomic E-state index is 0. The van der Waals surface area contributed by atoms with Crippen molar-refractivity contribution in [2.45, 2.75) is 0 Å². The summed E-state index contributed by atoms with van der Waals surface area (Å²) in [5.41, 5.74) is 1.43. The predicted molar refractivity (Wildman–Crippen MR) is 80.1 cm³/mol. The number of benzene rings is 1. The van der Waals surface area contributed by atoms with Crippen LogP contribution in [0.3, 0.4) is 0 Å². The first-order valence-electron chi connectivity index (χ1n) is 6.07. The molecule has 0 radical (unpaired) electrons. The van der Waals surface area contributed by atoms with E-state index in [4.69, 9.17) is 0 Å². The normalized spacial score (nSPS) is 10.0. The summed E-state index contributed by atoms with van der Waals surface area (Å²) < 4.78 is 27.9. The SMILES string of the molecule is Cl.Fc1cc(F)c(-c2ccccn2)cc1-c1ccccn1. The van der Waals surface area contributed by atoms with E-state index in [1.807, 2.05) is 0 Å². The first-order valence-corrected chi connectivity index (χ1v) is 6.07. The van der Waals surface area contributed by atoms with Gasteiger partial charge in [0, 0.05) is 29.6 Å². The van der Waals surface area contributed by atoms with Gasteiger partial charge in [0.25, 0.3) is 0 Å². The van der Waals surface area contributed by atoms with E-state index in [0.29, 0.717) is 11.4 Å². The third-order valence-electron chi connectivity index (χ3n) is 2.94. The Balaban J connectivity index is 0.00000161. The molecular weight excluding hydrogens is 294 g/mol. The molecule has 2 aromatic heterocycles. The van der Waals surface area contributed by atoms with Crippen LogP contribution in [-0.4, -0.2) is 9.97 Å². The molecule has 0 amide bonds. The number of halogens is 3. The fourth-order valence-electron chi connectivity index (χ4n) is 1.99. The van der Waals surface area contributed by atoms with Gasteiger partial charge in [0.15, 0.2) is 0 Å². The van der Waals surface area contributed by atoms with Gasteiger partial charge < -0.3 is 0 Å². The molecule has 0 aliphatic rings. The maximum absolute atomic E-state index is 13.9. The fraction of sp³-hybridized carbons (Fsp3) is 0. The second kappa shape index (κ2) is 6.41. The average molecular weight is 305 g/mol. The van der Waals surface area contributed by atoms with Gasteiger partial charge in [-0.15, -0.1) is 12.4 Å². The summed E-state index contributed by atoms with van der Waals surface area (Å²) >= 11 is 0. The molecule has 0 atom stereocenters.